The second kappa shape index (κ2) is 7.76. The normalized spacial score (nSPS) is 18.1. The van der Waals surface area contributed by atoms with Crippen molar-refractivity contribution in [2.45, 2.75) is 18.9 Å². The number of piperidine rings is 1. The lowest BCUT2D eigenvalue weighted by Gasteiger charge is -2.25. The van der Waals surface area contributed by atoms with Crippen LogP contribution in [0.15, 0.2) is 54.9 Å². The van der Waals surface area contributed by atoms with Crippen molar-refractivity contribution in [3.8, 4) is 0 Å². The van der Waals surface area contributed by atoms with E-state index in [4.69, 9.17) is 0 Å². The summed E-state index contributed by atoms with van der Waals surface area (Å²) in [6.45, 7) is 1.99. The molecule has 30 heavy (non-hydrogen) atoms. The Balaban J connectivity index is 1.63. The fourth-order valence-corrected chi connectivity index (χ4v) is 4.15. The minimum absolute atomic E-state index is 0.223. The van der Waals surface area contributed by atoms with Gasteiger partial charge in [-0.05, 0) is 61.8 Å². The van der Waals surface area contributed by atoms with Gasteiger partial charge < -0.3 is 20.9 Å². The van der Waals surface area contributed by atoms with E-state index in [-0.39, 0.29) is 11.7 Å². The summed E-state index contributed by atoms with van der Waals surface area (Å²) in [6, 6.07) is 12.5. The number of hydrogen-bond donors (Lipinski definition) is 4. The molecule has 7 heteroatoms. The van der Waals surface area contributed by atoms with Gasteiger partial charge in [0.15, 0.2) is 0 Å². The number of fused-ring (bicyclic) bond motifs is 1. The Morgan fingerprint density at radius 2 is 2.00 bits per heavy atom. The van der Waals surface area contributed by atoms with Crippen LogP contribution in [0.3, 0.4) is 0 Å². The van der Waals surface area contributed by atoms with Crippen LogP contribution in [0, 0.1) is 5.82 Å². The molecule has 0 saturated carbocycles. The maximum absolute atomic E-state index is 14.0. The molecule has 1 aromatic heterocycles. The smallest absolute Gasteiger partial charge is 0.257 e. The molecule has 0 spiro atoms. The fraction of sp³-hybridized carbons (Fsp3) is 0.217. The molecule has 3 aromatic rings. The molecular formula is C23H22FN5O. The first-order chi connectivity index (χ1) is 14.7. The predicted octanol–water partition coefficient (Wildman–Crippen LogP) is 3.62. The number of rotatable bonds is 4. The third kappa shape index (κ3) is 3.48. The van der Waals surface area contributed by atoms with Crippen molar-refractivity contribution in [1.29, 1.82) is 0 Å². The summed E-state index contributed by atoms with van der Waals surface area (Å²) in [5, 5.41) is 9.88. The zero-order valence-electron chi connectivity index (χ0n) is 16.3. The van der Waals surface area contributed by atoms with Crippen LogP contribution in [0.2, 0.25) is 0 Å². The number of carbonyl (C=O) groups is 1. The number of H-pyrrole nitrogens is 1. The summed E-state index contributed by atoms with van der Waals surface area (Å²) in [6.07, 6.45) is 5.42. The van der Waals surface area contributed by atoms with Crippen LogP contribution in [-0.2, 0) is 4.79 Å². The quantitative estimate of drug-likeness (QED) is 0.502. The largest absolute Gasteiger partial charge is 0.382 e. The zero-order valence-corrected chi connectivity index (χ0v) is 16.3. The van der Waals surface area contributed by atoms with Crippen molar-refractivity contribution in [2.24, 2.45) is 0 Å². The first-order valence-corrected chi connectivity index (χ1v) is 10.1. The molecule has 1 saturated heterocycles. The Labute approximate surface area is 173 Å². The molecule has 152 valence electrons. The number of carbonyl (C=O) groups excluding carboxylic acids is 1. The molecule has 0 aliphatic carbocycles. The van der Waals surface area contributed by atoms with Gasteiger partial charge in [0.25, 0.3) is 5.91 Å². The SMILES string of the molecule is O=C1Nc2ccc(NC3CCNCC3)cc2C1=C(c1cccc(F)c1)c1ncc[nH]1. The number of nitrogens with one attached hydrogen (secondary N) is 4. The van der Waals surface area contributed by atoms with E-state index in [1.54, 1.807) is 24.5 Å². The molecular weight excluding hydrogens is 381 g/mol. The third-order valence-electron chi connectivity index (χ3n) is 5.57. The Morgan fingerprint density at radius 3 is 2.77 bits per heavy atom. The lowest BCUT2D eigenvalue weighted by molar-refractivity contribution is -0.110. The first kappa shape index (κ1) is 18.6. The Bertz CT molecular complexity index is 1120. The number of halogens is 1. The van der Waals surface area contributed by atoms with Crippen LogP contribution in [0.25, 0.3) is 11.1 Å². The summed E-state index contributed by atoms with van der Waals surface area (Å²) >= 11 is 0. The van der Waals surface area contributed by atoms with Gasteiger partial charge in [0.2, 0.25) is 0 Å². The maximum atomic E-state index is 14.0. The average Bonchev–Trinajstić information content (AvgIpc) is 3.38. The molecule has 6 nitrogen and oxygen atoms in total. The molecule has 0 atom stereocenters. The second-order valence-electron chi connectivity index (χ2n) is 7.58. The number of aromatic nitrogens is 2. The molecule has 5 rings (SSSR count). The molecule has 2 aromatic carbocycles. The van der Waals surface area contributed by atoms with Crippen LogP contribution in [-0.4, -0.2) is 35.0 Å². The fourth-order valence-electron chi connectivity index (χ4n) is 4.15. The van der Waals surface area contributed by atoms with Crippen LogP contribution < -0.4 is 16.0 Å². The first-order valence-electron chi connectivity index (χ1n) is 10.1. The molecule has 0 unspecified atom stereocenters. The molecule has 2 aliphatic rings. The summed E-state index contributed by atoms with van der Waals surface area (Å²) in [5.41, 5.74) is 4.16. The third-order valence-corrected chi connectivity index (χ3v) is 5.57. The number of anilines is 2. The van der Waals surface area contributed by atoms with Crippen molar-refractivity contribution in [2.75, 3.05) is 23.7 Å². The number of aromatic amines is 1. The predicted molar refractivity (Wildman–Crippen MR) is 115 cm³/mol. The lowest BCUT2D eigenvalue weighted by Crippen LogP contribution is -2.35. The molecule has 1 amide bonds. The van der Waals surface area contributed by atoms with Gasteiger partial charge in [0.05, 0.1) is 5.57 Å². The zero-order chi connectivity index (χ0) is 20.5. The number of nitrogens with zero attached hydrogens (tertiary/aromatic N) is 1. The van der Waals surface area contributed by atoms with E-state index in [1.165, 1.54) is 12.1 Å². The van der Waals surface area contributed by atoms with Crippen molar-refractivity contribution < 1.29 is 9.18 Å². The van der Waals surface area contributed by atoms with Gasteiger partial charge in [0, 0.05) is 40.9 Å². The second-order valence-corrected chi connectivity index (χ2v) is 7.58. The summed E-state index contributed by atoms with van der Waals surface area (Å²) < 4.78 is 14.0. The van der Waals surface area contributed by atoms with E-state index in [1.807, 2.05) is 18.2 Å². The number of hydrogen-bond acceptors (Lipinski definition) is 4. The topological polar surface area (TPSA) is 81.8 Å². The molecule has 0 radical (unpaired) electrons. The monoisotopic (exact) mass is 403 g/mol. The van der Waals surface area contributed by atoms with Crippen LogP contribution >= 0.6 is 0 Å². The van der Waals surface area contributed by atoms with E-state index in [2.05, 4.69) is 25.9 Å². The highest BCUT2D eigenvalue weighted by atomic mass is 19.1. The van der Waals surface area contributed by atoms with Gasteiger partial charge in [-0.25, -0.2) is 9.37 Å². The van der Waals surface area contributed by atoms with E-state index in [0.29, 0.717) is 28.6 Å². The Hall–Kier alpha value is -3.45. The van der Waals surface area contributed by atoms with Gasteiger partial charge in [-0.15, -0.1) is 0 Å². The van der Waals surface area contributed by atoms with Gasteiger partial charge in [-0.2, -0.15) is 0 Å². The molecule has 4 N–H and O–H groups in total. The van der Waals surface area contributed by atoms with E-state index >= 15 is 0 Å². The van der Waals surface area contributed by atoms with Gasteiger partial charge in [0.1, 0.15) is 11.6 Å². The Morgan fingerprint density at radius 1 is 1.13 bits per heavy atom. The van der Waals surface area contributed by atoms with Crippen molar-refractivity contribution in [3.63, 3.8) is 0 Å². The van der Waals surface area contributed by atoms with E-state index in [9.17, 15) is 9.18 Å². The highest BCUT2D eigenvalue weighted by Crippen LogP contribution is 2.40. The van der Waals surface area contributed by atoms with E-state index in [0.717, 1.165) is 42.9 Å². The average molecular weight is 403 g/mol. The van der Waals surface area contributed by atoms with Crippen molar-refractivity contribution in [3.05, 3.63) is 77.6 Å². The lowest BCUT2D eigenvalue weighted by atomic mass is 9.94. The Kier molecular flexibility index (Phi) is 4.80. The van der Waals surface area contributed by atoms with Gasteiger partial charge in [-0.1, -0.05) is 12.1 Å². The molecule has 2 aliphatic heterocycles. The van der Waals surface area contributed by atoms with Crippen LogP contribution in [0.1, 0.15) is 29.8 Å². The maximum Gasteiger partial charge on any atom is 0.257 e. The van der Waals surface area contributed by atoms with Crippen LogP contribution in [0.4, 0.5) is 15.8 Å². The standard InChI is InChI=1S/C23H22FN5O/c24-15-3-1-2-14(12-15)20(22-26-10-11-27-22)21-18-13-17(4-5-19(18)29-23(21)30)28-16-6-8-25-9-7-16/h1-5,10-13,16,25,28H,6-9H2,(H,26,27)(H,29,30). The van der Waals surface area contributed by atoms with Gasteiger partial charge in [-0.3, -0.25) is 4.79 Å². The molecule has 3 heterocycles. The minimum atomic E-state index is -0.364. The molecule has 1 fully saturated rings. The van der Waals surface area contributed by atoms with Crippen LogP contribution in [0.5, 0.6) is 0 Å². The number of imidazole rings is 1. The van der Waals surface area contributed by atoms with Crippen molar-refractivity contribution in [1.82, 2.24) is 15.3 Å². The summed E-state index contributed by atoms with van der Waals surface area (Å²) in [5.74, 6) is -0.0629. The highest BCUT2D eigenvalue weighted by molar-refractivity contribution is 6.38. The summed E-state index contributed by atoms with van der Waals surface area (Å²) in [7, 11) is 0. The van der Waals surface area contributed by atoms with Crippen molar-refractivity contribution >= 4 is 28.4 Å². The minimum Gasteiger partial charge on any atom is -0.382 e. The van der Waals surface area contributed by atoms with Gasteiger partial charge >= 0.3 is 0 Å². The van der Waals surface area contributed by atoms with E-state index < -0.39 is 0 Å². The number of benzene rings is 2. The molecule has 0 bridgehead atoms. The summed E-state index contributed by atoms with van der Waals surface area (Å²) in [4.78, 5) is 20.4. The highest BCUT2D eigenvalue weighted by Gasteiger charge is 2.30. The number of amides is 1.